The fourth-order valence-corrected chi connectivity index (χ4v) is 2.91. The van der Waals surface area contributed by atoms with Gasteiger partial charge in [-0.25, -0.2) is 8.78 Å². The number of ether oxygens (including phenoxy) is 1. The fourth-order valence-electron chi connectivity index (χ4n) is 2.91. The molecule has 4 nitrogen and oxygen atoms in total. The normalized spacial score (nSPS) is 15.4. The van der Waals surface area contributed by atoms with E-state index in [0.29, 0.717) is 12.3 Å². The average molecular weight is 421 g/mol. The number of benzene rings is 2. The highest BCUT2D eigenvalue weighted by molar-refractivity contribution is 5.85. The maximum absolute atomic E-state index is 13.0. The van der Waals surface area contributed by atoms with Crippen molar-refractivity contribution in [3.63, 3.8) is 0 Å². The topological polar surface area (TPSA) is 35.9 Å². The van der Waals surface area contributed by atoms with Crippen molar-refractivity contribution in [2.45, 2.75) is 6.10 Å². The lowest BCUT2D eigenvalue weighted by molar-refractivity contribution is 0.0663. The highest BCUT2D eigenvalue weighted by Crippen LogP contribution is 2.17. The van der Waals surface area contributed by atoms with Crippen LogP contribution < -0.4 is 9.64 Å². The average Bonchev–Trinajstić information content (AvgIpc) is 2.63. The number of rotatable bonds is 6. The molecule has 0 amide bonds. The fraction of sp³-hybridized carbons (Fsp3) is 0.368. The van der Waals surface area contributed by atoms with Crippen LogP contribution in [-0.4, -0.2) is 55.4 Å². The van der Waals surface area contributed by atoms with E-state index in [1.54, 1.807) is 24.3 Å². The van der Waals surface area contributed by atoms with Crippen LogP contribution in [0.1, 0.15) is 0 Å². The Kier molecular flexibility index (Phi) is 9.80. The summed E-state index contributed by atoms with van der Waals surface area (Å²) in [5.74, 6) is 0.000154. The highest BCUT2D eigenvalue weighted by Gasteiger charge is 2.19. The van der Waals surface area contributed by atoms with E-state index in [0.717, 1.165) is 31.9 Å². The van der Waals surface area contributed by atoms with E-state index in [1.807, 2.05) is 0 Å². The molecule has 27 heavy (non-hydrogen) atoms. The van der Waals surface area contributed by atoms with Crippen LogP contribution >= 0.6 is 24.8 Å². The molecule has 1 atom stereocenters. The predicted molar refractivity (Wildman–Crippen MR) is 107 cm³/mol. The number of hydrogen-bond donors (Lipinski definition) is 1. The number of halogens is 4. The van der Waals surface area contributed by atoms with Crippen LogP contribution in [0.4, 0.5) is 14.5 Å². The first kappa shape index (κ1) is 23.4. The minimum atomic E-state index is -0.609. The molecule has 0 bridgehead atoms. The van der Waals surface area contributed by atoms with Crippen LogP contribution in [0.25, 0.3) is 0 Å². The van der Waals surface area contributed by atoms with Crippen molar-refractivity contribution in [3.8, 4) is 5.75 Å². The van der Waals surface area contributed by atoms with Crippen LogP contribution in [-0.2, 0) is 0 Å². The van der Waals surface area contributed by atoms with Gasteiger partial charge in [0.1, 0.15) is 30.1 Å². The Labute approximate surface area is 170 Å². The van der Waals surface area contributed by atoms with Gasteiger partial charge in [0.25, 0.3) is 0 Å². The third-order valence-corrected chi connectivity index (χ3v) is 4.29. The highest BCUT2D eigenvalue weighted by atomic mass is 35.5. The number of piperazine rings is 1. The van der Waals surface area contributed by atoms with Crippen molar-refractivity contribution in [1.82, 2.24) is 4.90 Å². The van der Waals surface area contributed by atoms with Crippen molar-refractivity contribution in [2.75, 3.05) is 44.2 Å². The summed E-state index contributed by atoms with van der Waals surface area (Å²) in [7, 11) is 0. The predicted octanol–water partition coefficient (Wildman–Crippen LogP) is 3.37. The Morgan fingerprint density at radius 3 is 1.93 bits per heavy atom. The minimum Gasteiger partial charge on any atom is -0.491 e. The Balaban J connectivity index is 0.00000182. The molecule has 1 N–H and O–H groups in total. The third-order valence-electron chi connectivity index (χ3n) is 4.29. The molecule has 1 aliphatic heterocycles. The Morgan fingerprint density at radius 1 is 0.852 bits per heavy atom. The summed E-state index contributed by atoms with van der Waals surface area (Å²) >= 11 is 0. The van der Waals surface area contributed by atoms with Crippen LogP contribution in [0, 0.1) is 11.6 Å². The van der Waals surface area contributed by atoms with E-state index in [-0.39, 0.29) is 43.1 Å². The summed E-state index contributed by atoms with van der Waals surface area (Å²) in [5, 5.41) is 10.1. The van der Waals surface area contributed by atoms with Crippen molar-refractivity contribution in [2.24, 2.45) is 0 Å². The van der Waals surface area contributed by atoms with Gasteiger partial charge in [0.15, 0.2) is 0 Å². The molecule has 8 heteroatoms. The molecule has 2 aromatic carbocycles. The van der Waals surface area contributed by atoms with Crippen molar-refractivity contribution < 1.29 is 18.6 Å². The lowest BCUT2D eigenvalue weighted by atomic mass is 10.2. The summed E-state index contributed by atoms with van der Waals surface area (Å²) in [6.45, 7) is 4.01. The number of β-amino-alcohol motifs (C(OH)–C–C–N with tert-alkyl or cyclic N) is 1. The summed E-state index contributed by atoms with van der Waals surface area (Å²) in [6, 6.07) is 12.3. The maximum Gasteiger partial charge on any atom is 0.123 e. The molecular formula is C19H24Cl2F2N2O2. The number of aliphatic hydroxyl groups is 1. The van der Waals surface area contributed by atoms with E-state index in [1.165, 1.54) is 24.3 Å². The molecule has 1 saturated heterocycles. The van der Waals surface area contributed by atoms with E-state index >= 15 is 0 Å². The first-order valence-electron chi connectivity index (χ1n) is 8.39. The summed E-state index contributed by atoms with van der Waals surface area (Å²) in [6.07, 6.45) is -0.609. The lowest BCUT2D eigenvalue weighted by Gasteiger charge is -2.36. The van der Waals surface area contributed by atoms with Gasteiger partial charge in [0.05, 0.1) is 0 Å². The summed E-state index contributed by atoms with van der Waals surface area (Å²) in [5.41, 5.74) is 1.02. The zero-order valence-electron chi connectivity index (χ0n) is 14.8. The molecule has 3 rings (SSSR count). The number of hydrogen-bond acceptors (Lipinski definition) is 4. The van der Waals surface area contributed by atoms with E-state index in [4.69, 9.17) is 4.74 Å². The van der Waals surface area contributed by atoms with Gasteiger partial charge in [-0.15, -0.1) is 24.8 Å². The SMILES string of the molecule is Cl.Cl.OC(COc1ccc(F)cc1)CN1CCN(c2ccc(F)cc2)CC1. The van der Waals surface area contributed by atoms with Crippen LogP contribution in [0.2, 0.25) is 0 Å². The second-order valence-electron chi connectivity index (χ2n) is 6.18. The molecule has 0 aromatic heterocycles. The van der Waals surface area contributed by atoms with E-state index in [9.17, 15) is 13.9 Å². The lowest BCUT2D eigenvalue weighted by Crippen LogP contribution is -2.49. The number of anilines is 1. The third kappa shape index (κ3) is 7.14. The molecule has 2 aromatic rings. The molecule has 0 aliphatic carbocycles. The smallest absolute Gasteiger partial charge is 0.123 e. The molecule has 0 spiro atoms. The molecule has 150 valence electrons. The minimum absolute atomic E-state index is 0. The molecule has 0 saturated carbocycles. The van der Waals surface area contributed by atoms with E-state index in [2.05, 4.69) is 9.80 Å². The van der Waals surface area contributed by atoms with Gasteiger partial charge < -0.3 is 14.7 Å². The first-order valence-corrected chi connectivity index (χ1v) is 8.39. The molecule has 0 radical (unpaired) electrons. The second-order valence-corrected chi connectivity index (χ2v) is 6.18. The Hall–Kier alpha value is -1.60. The molecule has 1 heterocycles. The molecule has 1 unspecified atom stereocenters. The standard InChI is InChI=1S/C19H22F2N2O2.2ClH/c20-15-1-5-17(6-2-15)23-11-9-22(10-12-23)13-18(24)14-25-19-7-3-16(21)4-8-19;;/h1-8,18,24H,9-14H2;2*1H. The van der Waals surface area contributed by atoms with Gasteiger partial charge in [-0.1, -0.05) is 0 Å². The Bertz CT molecular complexity index is 666. The van der Waals surface area contributed by atoms with Gasteiger partial charge in [-0.05, 0) is 48.5 Å². The monoisotopic (exact) mass is 420 g/mol. The summed E-state index contributed by atoms with van der Waals surface area (Å²) in [4.78, 5) is 4.38. The van der Waals surface area contributed by atoms with Crippen LogP contribution in [0.5, 0.6) is 5.75 Å². The molecule has 1 fully saturated rings. The van der Waals surface area contributed by atoms with Gasteiger partial charge >= 0.3 is 0 Å². The second kappa shape index (κ2) is 11.3. The maximum atomic E-state index is 13.0. The summed E-state index contributed by atoms with van der Waals surface area (Å²) < 4.78 is 31.3. The van der Waals surface area contributed by atoms with E-state index < -0.39 is 6.10 Å². The van der Waals surface area contributed by atoms with Gasteiger partial charge in [-0.3, -0.25) is 4.90 Å². The molecule has 1 aliphatic rings. The largest absolute Gasteiger partial charge is 0.491 e. The van der Waals surface area contributed by atoms with Gasteiger partial charge in [0, 0.05) is 38.4 Å². The van der Waals surface area contributed by atoms with Gasteiger partial charge in [-0.2, -0.15) is 0 Å². The van der Waals surface area contributed by atoms with Gasteiger partial charge in [0.2, 0.25) is 0 Å². The quantitative estimate of drug-likeness (QED) is 0.776. The number of aliphatic hydroxyl groups excluding tert-OH is 1. The zero-order chi connectivity index (χ0) is 17.6. The van der Waals surface area contributed by atoms with Crippen molar-refractivity contribution in [1.29, 1.82) is 0 Å². The van der Waals surface area contributed by atoms with Crippen molar-refractivity contribution >= 4 is 30.5 Å². The first-order chi connectivity index (χ1) is 12.1. The van der Waals surface area contributed by atoms with Crippen LogP contribution in [0.3, 0.4) is 0 Å². The zero-order valence-corrected chi connectivity index (χ0v) is 16.4. The Morgan fingerprint density at radius 2 is 1.37 bits per heavy atom. The number of nitrogens with zero attached hydrogens (tertiary/aromatic N) is 2. The van der Waals surface area contributed by atoms with Crippen molar-refractivity contribution in [3.05, 3.63) is 60.2 Å². The molecular weight excluding hydrogens is 397 g/mol. The van der Waals surface area contributed by atoms with Crippen LogP contribution in [0.15, 0.2) is 48.5 Å².